The monoisotopic (exact) mass is 439 g/mol. The molecule has 31 heavy (non-hydrogen) atoms. The van der Waals surface area contributed by atoms with Crippen LogP contribution in [0.3, 0.4) is 0 Å². The number of pyridine rings is 1. The molecule has 1 fully saturated rings. The number of carbonyl (C=O) groups is 2. The zero-order valence-electron chi connectivity index (χ0n) is 16.9. The fourth-order valence-corrected chi connectivity index (χ4v) is 4.36. The second kappa shape index (κ2) is 7.92. The summed E-state index contributed by atoms with van der Waals surface area (Å²) >= 11 is 1.28. The highest BCUT2D eigenvalue weighted by Crippen LogP contribution is 2.43. The summed E-state index contributed by atoms with van der Waals surface area (Å²) in [5.41, 5.74) is 1.22. The molecule has 2 aromatic heterocycles. The number of nitrogens with zero attached hydrogens (tertiary/aromatic N) is 3. The van der Waals surface area contributed by atoms with E-state index >= 15 is 0 Å². The number of aryl methyl sites for hydroxylation is 2. The minimum absolute atomic E-state index is 0.00331. The molecule has 3 aromatic rings. The standard InChI is InChI=1S/C22H18FN3O4S/c1-11-12(2)31-22(25-11)26-18(13-6-8-24-9-7-13)17(20(28)21(26)29)19(27)14-4-5-16(30-3)15(23)10-14/h4-10,18,27H,1-3H3/t18-/m0/s1. The molecule has 0 radical (unpaired) electrons. The first-order valence-corrected chi connectivity index (χ1v) is 10.1. The van der Waals surface area contributed by atoms with Crippen LogP contribution in [-0.4, -0.2) is 33.9 Å². The molecule has 0 saturated carbocycles. The molecule has 7 nitrogen and oxygen atoms in total. The van der Waals surface area contributed by atoms with Gasteiger partial charge in [-0.3, -0.25) is 19.5 Å². The zero-order chi connectivity index (χ0) is 22.3. The van der Waals surface area contributed by atoms with E-state index in [4.69, 9.17) is 4.74 Å². The van der Waals surface area contributed by atoms with Crippen molar-refractivity contribution in [3.8, 4) is 5.75 Å². The smallest absolute Gasteiger partial charge is 0.301 e. The minimum Gasteiger partial charge on any atom is -0.507 e. The van der Waals surface area contributed by atoms with Gasteiger partial charge in [0.05, 0.1) is 24.4 Å². The molecular formula is C22H18FN3O4S. The summed E-state index contributed by atoms with van der Waals surface area (Å²) in [6, 6.07) is 6.19. The molecule has 1 aromatic carbocycles. The zero-order valence-corrected chi connectivity index (χ0v) is 17.7. The highest BCUT2D eigenvalue weighted by molar-refractivity contribution is 7.16. The van der Waals surface area contributed by atoms with Crippen LogP contribution in [0.1, 0.15) is 27.7 Å². The van der Waals surface area contributed by atoms with E-state index in [1.165, 1.54) is 47.9 Å². The van der Waals surface area contributed by atoms with Crippen LogP contribution in [0.2, 0.25) is 0 Å². The average molecular weight is 439 g/mol. The maximum Gasteiger partial charge on any atom is 0.301 e. The van der Waals surface area contributed by atoms with Gasteiger partial charge in [0.25, 0.3) is 5.78 Å². The van der Waals surface area contributed by atoms with Crippen molar-refractivity contribution in [2.45, 2.75) is 19.9 Å². The third-order valence-corrected chi connectivity index (χ3v) is 6.19. The largest absolute Gasteiger partial charge is 0.507 e. The molecule has 1 atom stereocenters. The summed E-state index contributed by atoms with van der Waals surface area (Å²) in [7, 11) is 1.32. The van der Waals surface area contributed by atoms with Crippen LogP contribution in [0.5, 0.6) is 5.75 Å². The lowest BCUT2D eigenvalue weighted by Gasteiger charge is -2.22. The van der Waals surface area contributed by atoms with Gasteiger partial charge >= 0.3 is 5.91 Å². The Bertz CT molecular complexity index is 1200. The Hall–Kier alpha value is -3.59. The number of ether oxygens (including phenoxy) is 1. The predicted molar refractivity (Wildman–Crippen MR) is 114 cm³/mol. The van der Waals surface area contributed by atoms with Crippen molar-refractivity contribution in [1.82, 2.24) is 9.97 Å². The number of rotatable bonds is 4. The lowest BCUT2D eigenvalue weighted by atomic mass is 9.96. The Kier molecular flexibility index (Phi) is 5.28. The van der Waals surface area contributed by atoms with E-state index in [1.807, 2.05) is 13.8 Å². The summed E-state index contributed by atoms with van der Waals surface area (Å²) in [4.78, 5) is 36.6. The van der Waals surface area contributed by atoms with Gasteiger partial charge in [-0.2, -0.15) is 0 Å². The Balaban J connectivity index is 1.93. The number of methoxy groups -OCH3 is 1. The Labute approximate surface area is 181 Å². The average Bonchev–Trinajstić information content (AvgIpc) is 3.23. The number of benzene rings is 1. The van der Waals surface area contributed by atoms with Crippen molar-refractivity contribution in [3.05, 3.63) is 75.8 Å². The Morgan fingerprint density at radius 2 is 1.90 bits per heavy atom. The van der Waals surface area contributed by atoms with Crippen LogP contribution < -0.4 is 9.64 Å². The fourth-order valence-electron chi connectivity index (χ4n) is 3.42. The molecule has 1 amide bonds. The molecule has 3 heterocycles. The summed E-state index contributed by atoms with van der Waals surface area (Å²) in [6.07, 6.45) is 3.06. The highest BCUT2D eigenvalue weighted by atomic mass is 32.1. The number of anilines is 1. The van der Waals surface area contributed by atoms with Crippen molar-refractivity contribution in [2.24, 2.45) is 0 Å². The van der Waals surface area contributed by atoms with Gasteiger partial charge in [-0.05, 0) is 49.7 Å². The van der Waals surface area contributed by atoms with Gasteiger partial charge in [0.1, 0.15) is 5.76 Å². The molecule has 1 saturated heterocycles. The van der Waals surface area contributed by atoms with Gasteiger partial charge in [-0.15, -0.1) is 11.3 Å². The molecule has 1 N–H and O–H groups in total. The van der Waals surface area contributed by atoms with E-state index < -0.39 is 29.3 Å². The van der Waals surface area contributed by atoms with Gasteiger partial charge in [-0.25, -0.2) is 9.37 Å². The van der Waals surface area contributed by atoms with Gasteiger partial charge in [-0.1, -0.05) is 0 Å². The number of carbonyl (C=O) groups excluding carboxylic acids is 2. The fraction of sp³-hybridized carbons (Fsp3) is 0.182. The normalized spacial score (nSPS) is 17.9. The van der Waals surface area contributed by atoms with Crippen molar-refractivity contribution in [3.63, 3.8) is 0 Å². The summed E-state index contributed by atoms with van der Waals surface area (Å²) in [6.45, 7) is 3.68. The molecule has 158 valence electrons. The van der Waals surface area contributed by atoms with Crippen LogP contribution in [0.25, 0.3) is 5.76 Å². The first-order chi connectivity index (χ1) is 14.8. The van der Waals surface area contributed by atoms with Crippen LogP contribution in [0, 0.1) is 19.7 Å². The molecule has 0 bridgehead atoms. The number of Topliss-reactive ketones (excluding diaryl/α,β-unsaturated/α-hetero) is 1. The van der Waals surface area contributed by atoms with Crippen molar-refractivity contribution >= 4 is 33.9 Å². The summed E-state index contributed by atoms with van der Waals surface area (Å²) in [5, 5.41) is 11.3. The molecule has 1 aliphatic heterocycles. The number of aromatic nitrogens is 2. The molecule has 0 unspecified atom stereocenters. The minimum atomic E-state index is -0.932. The number of hydrogen-bond donors (Lipinski definition) is 1. The second-order valence-corrected chi connectivity index (χ2v) is 8.12. The number of aliphatic hydroxyl groups is 1. The number of hydrogen-bond acceptors (Lipinski definition) is 7. The Morgan fingerprint density at radius 1 is 1.19 bits per heavy atom. The summed E-state index contributed by atoms with van der Waals surface area (Å²) < 4.78 is 19.1. The molecular weight excluding hydrogens is 421 g/mol. The molecule has 9 heteroatoms. The lowest BCUT2D eigenvalue weighted by molar-refractivity contribution is -0.132. The SMILES string of the molecule is COc1ccc(C(O)=C2C(=O)C(=O)N(c3nc(C)c(C)s3)[C@H]2c2ccncc2)cc1F. The van der Waals surface area contributed by atoms with E-state index in [9.17, 15) is 19.1 Å². The first-order valence-electron chi connectivity index (χ1n) is 9.32. The van der Waals surface area contributed by atoms with E-state index in [2.05, 4.69) is 9.97 Å². The molecule has 0 aliphatic carbocycles. The van der Waals surface area contributed by atoms with Gasteiger partial charge in [0.15, 0.2) is 16.7 Å². The summed E-state index contributed by atoms with van der Waals surface area (Å²) in [5.74, 6) is -2.87. The predicted octanol–water partition coefficient (Wildman–Crippen LogP) is 3.93. The van der Waals surface area contributed by atoms with Crippen molar-refractivity contribution in [1.29, 1.82) is 0 Å². The van der Waals surface area contributed by atoms with Gasteiger partial charge in [0.2, 0.25) is 0 Å². The third kappa shape index (κ3) is 3.46. The quantitative estimate of drug-likeness (QED) is 0.376. The Morgan fingerprint density at radius 3 is 2.48 bits per heavy atom. The first kappa shape index (κ1) is 20.7. The third-order valence-electron chi connectivity index (χ3n) is 5.11. The van der Waals surface area contributed by atoms with E-state index in [-0.39, 0.29) is 16.9 Å². The van der Waals surface area contributed by atoms with E-state index in [0.717, 1.165) is 16.6 Å². The molecule has 4 rings (SSSR count). The van der Waals surface area contributed by atoms with Crippen molar-refractivity contribution < 1.29 is 23.8 Å². The van der Waals surface area contributed by atoms with Crippen LogP contribution >= 0.6 is 11.3 Å². The molecule has 0 spiro atoms. The maximum atomic E-state index is 14.2. The van der Waals surface area contributed by atoms with Crippen molar-refractivity contribution in [2.75, 3.05) is 12.0 Å². The number of thiazole rings is 1. The maximum absolute atomic E-state index is 14.2. The number of aliphatic hydroxyl groups excluding tert-OH is 1. The van der Waals surface area contributed by atoms with Gasteiger partial charge in [0, 0.05) is 22.8 Å². The van der Waals surface area contributed by atoms with E-state index in [1.54, 1.807) is 12.1 Å². The van der Waals surface area contributed by atoms with Crippen LogP contribution in [0.4, 0.5) is 9.52 Å². The topological polar surface area (TPSA) is 92.6 Å². The number of amides is 1. The highest BCUT2D eigenvalue weighted by Gasteiger charge is 2.48. The van der Waals surface area contributed by atoms with Gasteiger partial charge < -0.3 is 9.84 Å². The van der Waals surface area contributed by atoms with E-state index in [0.29, 0.717) is 10.7 Å². The number of halogens is 1. The lowest BCUT2D eigenvalue weighted by Crippen LogP contribution is -2.29. The molecule has 1 aliphatic rings. The van der Waals surface area contributed by atoms with Crippen LogP contribution in [0.15, 0.2) is 48.3 Å². The van der Waals surface area contributed by atoms with Crippen LogP contribution in [-0.2, 0) is 9.59 Å². The number of ketones is 1. The second-order valence-electron chi connectivity index (χ2n) is 6.94.